The van der Waals surface area contributed by atoms with Gasteiger partial charge in [-0.1, -0.05) is 31.2 Å². The molecule has 1 aromatic carbocycles. The van der Waals surface area contributed by atoms with Crippen LogP contribution in [0.3, 0.4) is 0 Å². The Balaban J connectivity index is 1.39. The molecule has 8 nitrogen and oxygen atoms in total. The van der Waals surface area contributed by atoms with Crippen LogP contribution in [0.15, 0.2) is 24.4 Å². The normalized spacial score (nSPS) is 15.9. The Hall–Kier alpha value is -2.36. The van der Waals surface area contributed by atoms with Gasteiger partial charge in [-0.3, -0.25) is 9.48 Å². The zero-order valence-corrected chi connectivity index (χ0v) is 21.4. The molecule has 1 aliphatic heterocycles. The Kier molecular flexibility index (Phi) is 7.95. The maximum absolute atomic E-state index is 11.4. The lowest BCUT2D eigenvalue weighted by atomic mass is 10.1. The largest absolute Gasteiger partial charge is 0.382 e. The molecule has 3 heterocycles. The molecule has 1 aliphatic rings. The van der Waals surface area contributed by atoms with E-state index in [1.807, 2.05) is 10.9 Å². The summed E-state index contributed by atoms with van der Waals surface area (Å²) >= 11 is 1.27. The molecule has 0 amide bonds. The van der Waals surface area contributed by atoms with Gasteiger partial charge in [-0.25, -0.2) is 4.98 Å². The first kappa shape index (κ1) is 24.8. The van der Waals surface area contributed by atoms with Crippen molar-refractivity contribution in [3.05, 3.63) is 24.4 Å². The Morgan fingerprint density at radius 1 is 1.24 bits per heavy atom. The predicted octanol–water partition coefficient (Wildman–Crippen LogP) is 3.53. The second-order valence-corrected chi connectivity index (χ2v) is 10.3. The minimum Gasteiger partial charge on any atom is -0.382 e. The number of anilines is 2. The van der Waals surface area contributed by atoms with Crippen molar-refractivity contribution in [2.24, 2.45) is 0 Å². The average Bonchev–Trinajstić information content (AvgIpc) is 3.27. The molecular weight excluding hydrogens is 448 g/mol. The molecule has 4 rings (SSSR count). The first-order chi connectivity index (χ1) is 16.4. The zero-order chi connectivity index (χ0) is 24.1. The van der Waals surface area contributed by atoms with Crippen molar-refractivity contribution in [1.29, 1.82) is 0 Å². The van der Waals surface area contributed by atoms with Gasteiger partial charge in [0.05, 0.1) is 52.0 Å². The molecule has 0 atom stereocenters. The van der Waals surface area contributed by atoms with Gasteiger partial charge in [0.1, 0.15) is 12.1 Å². The third kappa shape index (κ3) is 5.64. The number of aromatic nitrogens is 3. The lowest BCUT2D eigenvalue weighted by molar-refractivity contribution is -0.910. The Bertz CT molecular complexity index is 1140. The number of carbonyl (C=O) groups is 1. The van der Waals surface area contributed by atoms with Crippen LogP contribution >= 0.6 is 11.8 Å². The minimum absolute atomic E-state index is 0.187. The van der Waals surface area contributed by atoms with Crippen molar-refractivity contribution in [2.75, 3.05) is 69.9 Å². The summed E-state index contributed by atoms with van der Waals surface area (Å²) < 4.78 is 8.70. The van der Waals surface area contributed by atoms with E-state index in [1.165, 1.54) is 17.4 Å². The lowest BCUT2D eigenvalue weighted by Gasteiger charge is -2.42. The van der Waals surface area contributed by atoms with E-state index in [2.05, 4.69) is 53.3 Å². The van der Waals surface area contributed by atoms with Crippen LogP contribution in [-0.4, -0.2) is 83.6 Å². The highest BCUT2D eigenvalue weighted by Crippen LogP contribution is 2.30. The van der Waals surface area contributed by atoms with Crippen LogP contribution in [0.4, 0.5) is 11.5 Å². The summed E-state index contributed by atoms with van der Waals surface area (Å²) in [5.74, 6) is 0.497. The Morgan fingerprint density at radius 2 is 2.03 bits per heavy atom. The summed E-state index contributed by atoms with van der Waals surface area (Å²) in [5, 5.41) is 7.03. The van der Waals surface area contributed by atoms with Crippen LogP contribution in [0.1, 0.15) is 26.2 Å². The fraction of sp³-hybridized carbons (Fsp3) is 0.560. The molecule has 0 radical (unpaired) electrons. The molecule has 0 spiro atoms. The highest BCUT2D eigenvalue weighted by atomic mass is 32.2. The Labute approximate surface area is 206 Å². The lowest BCUT2D eigenvalue weighted by Crippen LogP contribution is -2.58. The molecule has 184 valence electrons. The van der Waals surface area contributed by atoms with Gasteiger partial charge in [0.15, 0.2) is 10.9 Å². The highest BCUT2D eigenvalue weighted by Gasteiger charge is 2.28. The number of ether oxygens (including phenoxy) is 1. The SMILES string of the molecule is CCCCn1cc2c(n1)c(N)nc1cc(N3CC[N+](C)(CCOCCC(=O)SC)CC3)ccc12. The summed E-state index contributed by atoms with van der Waals surface area (Å²) in [6, 6.07) is 6.53. The summed E-state index contributed by atoms with van der Waals surface area (Å²) in [6.07, 6.45) is 6.64. The number of quaternary nitrogens is 1. The number of benzene rings is 1. The molecule has 0 bridgehead atoms. The van der Waals surface area contributed by atoms with Crippen LogP contribution in [0, 0.1) is 0 Å². The molecule has 1 saturated heterocycles. The molecule has 0 unspecified atom stereocenters. The van der Waals surface area contributed by atoms with E-state index in [4.69, 9.17) is 10.5 Å². The predicted molar refractivity (Wildman–Crippen MR) is 141 cm³/mol. The fourth-order valence-corrected chi connectivity index (χ4v) is 4.82. The van der Waals surface area contributed by atoms with E-state index < -0.39 is 0 Å². The standard InChI is InChI=1S/C25H37N6O2S/c1-4-5-9-30-18-21-20-7-6-19(17-22(20)27-25(26)24(21)28-30)29-10-12-31(2,13-11-29)14-16-33-15-8-23(32)34-3/h6-7,17-18H,4-5,8-16H2,1-3H3,(H2,26,27)/q+1. The topological polar surface area (TPSA) is 86.3 Å². The van der Waals surface area contributed by atoms with Crippen molar-refractivity contribution in [1.82, 2.24) is 14.8 Å². The van der Waals surface area contributed by atoms with Gasteiger partial charge in [-0.05, 0) is 24.8 Å². The van der Waals surface area contributed by atoms with Crippen LogP contribution in [0.5, 0.6) is 0 Å². The van der Waals surface area contributed by atoms with Gasteiger partial charge >= 0.3 is 0 Å². The molecule has 1 fully saturated rings. The zero-order valence-electron chi connectivity index (χ0n) is 20.6. The number of pyridine rings is 1. The molecule has 2 aromatic heterocycles. The minimum atomic E-state index is 0.187. The molecule has 3 aromatic rings. The number of aryl methyl sites for hydroxylation is 1. The number of unbranched alkanes of at least 4 members (excludes halogenated alkanes) is 1. The second kappa shape index (κ2) is 10.9. The number of nitrogens with two attached hydrogens (primary N) is 1. The number of carbonyl (C=O) groups excluding carboxylic acids is 1. The molecule has 0 saturated carbocycles. The van der Waals surface area contributed by atoms with Gasteiger partial charge in [0.25, 0.3) is 0 Å². The summed E-state index contributed by atoms with van der Waals surface area (Å²) in [7, 11) is 2.29. The van der Waals surface area contributed by atoms with Crippen molar-refractivity contribution in [2.45, 2.75) is 32.7 Å². The van der Waals surface area contributed by atoms with Crippen molar-refractivity contribution < 1.29 is 14.0 Å². The maximum atomic E-state index is 11.4. The Morgan fingerprint density at radius 3 is 2.76 bits per heavy atom. The van der Waals surface area contributed by atoms with Gasteiger partial charge in [-0.15, -0.1) is 0 Å². The number of thioether (sulfide) groups is 1. The maximum Gasteiger partial charge on any atom is 0.190 e. The number of rotatable bonds is 10. The molecule has 0 aliphatic carbocycles. The van der Waals surface area contributed by atoms with E-state index in [1.54, 1.807) is 0 Å². The number of hydrogen-bond donors (Lipinski definition) is 1. The number of nitrogens with zero attached hydrogens (tertiary/aromatic N) is 5. The average molecular weight is 486 g/mol. The third-order valence-electron chi connectivity index (χ3n) is 6.90. The van der Waals surface area contributed by atoms with E-state index in [0.717, 1.165) is 78.4 Å². The second-order valence-electron chi connectivity index (χ2n) is 9.42. The van der Waals surface area contributed by atoms with Crippen molar-refractivity contribution >= 4 is 50.2 Å². The van der Waals surface area contributed by atoms with Crippen LogP contribution in [-0.2, 0) is 16.1 Å². The first-order valence-corrected chi connectivity index (χ1v) is 13.4. The summed E-state index contributed by atoms with van der Waals surface area (Å²) in [6.45, 7) is 9.35. The third-order valence-corrected chi connectivity index (χ3v) is 7.56. The number of fused-ring (bicyclic) bond motifs is 3. The quantitative estimate of drug-likeness (QED) is 0.347. The van der Waals surface area contributed by atoms with Gasteiger partial charge in [-0.2, -0.15) is 5.10 Å². The monoisotopic (exact) mass is 485 g/mol. The number of nitrogen functional groups attached to an aromatic ring is 1. The first-order valence-electron chi connectivity index (χ1n) is 12.2. The van der Waals surface area contributed by atoms with Gasteiger partial charge in [0.2, 0.25) is 0 Å². The number of piperazine rings is 1. The van der Waals surface area contributed by atoms with E-state index in [-0.39, 0.29) is 5.12 Å². The van der Waals surface area contributed by atoms with E-state index >= 15 is 0 Å². The van der Waals surface area contributed by atoms with Crippen LogP contribution in [0.2, 0.25) is 0 Å². The number of hydrogen-bond acceptors (Lipinski definition) is 7. The van der Waals surface area contributed by atoms with Gasteiger partial charge in [0, 0.05) is 35.6 Å². The smallest absolute Gasteiger partial charge is 0.190 e. The fourth-order valence-electron chi connectivity index (χ4n) is 4.54. The van der Waals surface area contributed by atoms with Crippen molar-refractivity contribution in [3.8, 4) is 0 Å². The molecule has 2 N–H and O–H groups in total. The van der Waals surface area contributed by atoms with E-state index in [9.17, 15) is 4.79 Å². The van der Waals surface area contributed by atoms with Crippen LogP contribution in [0.25, 0.3) is 21.8 Å². The number of likely N-dealkylation sites (N-methyl/N-ethyl adjacent to an activating group) is 1. The summed E-state index contributed by atoms with van der Waals surface area (Å²) in [4.78, 5) is 18.5. The molecular formula is C25H37N6O2S+. The highest BCUT2D eigenvalue weighted by molar-refractivity contribution is 8.13. The molecule has 34 heavy (non-hydrogen) atoms. The van der Waals surface area contributed by atoms with Crippen LogP contribution < -0.4 is 10.6 Å². The van der Waals surface area contributed by atoms with Gasteiger partial charge < -0.3 is 19.9 Å². The molecule has 9 heteroatoms. The van der Waals surface area contributed by atoms with Crippen molar-refractivity contribution in [3.63, 3.8) is 0 Å². The van der Waals surface area contributed by atoms with E-state index in [0.29, 0.717) is 25.5 Å². The summed E-state index contributed by atoms with van der Waals surface area (Å²) in [5.41, 5.74) is 9.19.